The van der Waals surface area contributed by atoms with Gasteiger partial charge in [-0.05, 0) is 26.0 Å². The zero-order valence-electron chi connectivity index (χ0n) is 12.4. The Morgan fingerprint density at radius 2 is 2.19 bits per heavy atom. The summed E-state index contributed by atoms with van der Waals surface area (Å²) in [5.74, 6) is 0.726. The molecule has 2 N–H and O–H groups in total. The molecule has 1 saturated heterocycles. The minimum Gasteiger partial charge on any atom is -0.489 e. The topological polar surface area (TPSA) is 59.6 Å². The fourth-order valence-electron chi connectivity index (χ4n) is 1.98. The lowest BCUT2D eigenvalue weighted by Crippen LogP contribution is -2.49. The smallest absolute Gasteiger partial charge is 0.250 e. The second-order valence-corrected chi connectivity index (χ2v) is 5.05. The van der Waals surface area contributed by atoms with E-state index < -0.39 is 6.10 Å². The molecule has 1 aliphatic rings. The molecule has 0 spiro atoms. The van der Waals surface area contributed by atoms with Crippen molar-refractivity contribution in [2.75, 3.05) is 26.2 Å². The summed E-state index contributed by atoms with van der Waals surface area (Å²) in [6.45, 7) is 6.38. The second-order valence-electron chi connectivity index (χ2n) is 5.05. The number of hydrogen-bond donors (Lipinski definition) is 2. The molecule has 6 heteroatoms. The van der Waals surface area contributed by atoms with E-state index in [0.717, 1.165) is 12.3 Å². The van der Waals surface area contributed by atoms with E-state index in [9.17, 15) is 4.79 Å². The summed E-state index contributed by atoms with van der Waals surface area (Å²) in [5.41, 5.74) is 1.19. The van der Waals surface area contributed by atoms with Crippen LogP contribution in [0.15, 0.2) is 24.3 Å². The molecule has 1 amide bonds. The largest absolute Gasteiger partial charge is 0.489 e. The lowest BCUT2D eigenvalue weighted by atomic mass is 10.2. The maximum absolute atomic E-state index is 11.9. The van der Waals surface area contributed by atoms with E-state index in [-0.39, 0.29) is 24.4 Å². The van der Waals surface area contributed by atoms with Crippen LogP contribution in [0.25, 0.3) is 0 Å². The first kappa shape index (κ1) is 17.8. The molecule has 1 heterocycles. The van der Waals surface area contributed by atoms with E-state index in [1.54, 1.807) is 0 Å². The van der Waals surface area contributed by atoms with Crippen LogP contribution in [-0.2, 0) is 9.53 Å². The zero-order valence-corrected chi connectivity index (χ0v) is 13.2. The van der Waals surface area contributed by atoms with E-state index >= 15 is 0 Å². The summed E-state index contributed by atoms with van der Waals surface area (Å²) in [7, 11) is 0. The molecule has 118 valence electrons. The quantitative estimate of drug-likeness (QED) is 0.860. The molecule has 0 aromatic heterocycles. The normalized spacial score (nSPS) is 19.2. The van der Waals surface area contributed by atoms with Crippen LogP contribution in [0, 0.1) is 6.92 Å². The highest BCUT2D eigenvalue weighted by molar-refractivity contribution is 5.85. The Bertz CT molecular complexity index is 433. The number of aryl methyl sites for hydroxylation is 1. The first-order valence-corrected chi connectivity index (χ1v) is 6.98. The fraction of sp³-hybridized carbons (Fsp3) is 0.533. The van der Waals surface area contributed by atoms with Crippen LogP contribution in [-0.4, -0.2) is 44.4 Å². The van der Waals surface area contributed by atoms with Crippen LogP contribution in [0.4, 0.5) is 0 Å². The monoisotopic (exact) mass is 314 g/mol. The van der Waals surface area contributed by atoms with Gasteiger partial charge in [0.15, 0.2) is 0 Å². The third kappa shape index (κ3) is 5.91. The predicted molar refractivity (Wildman–Crippen MR) is 84.1 cm³/mol. The Kier molecular flexibility index (Phi) is 7.50. The summed E-state index contributed by atoms with van der Waals surface area (Å²) >= 11 is 0. The van der Waals surface area contributed by atoms with Gasteiger partial charge in [0.2, 0.25) is 0 Å². The molecule has 0 bridgehead atoms. The van der Waals surface area contributed by atoms with Crippen molar-refractivity contribution in [2.45, 2.75) is 26.1 Å². The van der Waals surface area contributed by atoms with Crippen LogP contribution in [0.2, 0.25) is 0 Å². The van der Waals surface area contributed by atoms with E-state index in [4.69, 9.17) is 9.47 Å². The lowest BCUT2D eigenvalue weighted by molar-refractivity contribution is -0.134. The molecule has 0 saturated carbocycles. The highest BCUT2D eigenvalue weighted by atomic mass is 35.5. The van der Waals surface area contributed by atoms with Gasteiger partial charge in [-0.25, -0.2) is 0 Å². The summed E-state index contributed by atoms with van der Waals surface area (Å²) in [6.07, 6.45) is -0.478. The Morgan fingerprint density at radius 1 is 1.48 bits per heavy atom. The summed E-state index contributed by atoms with van der Waals surface area (Å²) in [4.78, 5) is 11.9. The minimum atomic E-state index is -0.393. The van der Waals surface area contributed by atoms with Gasteiger partial charge in [0, 0.05) is 13.1 Å². The Balaban J connectivity index is 0.00000220. The summed E-state index contributed by atoms with van der Waals surface area (Å²) < 4.78 is 11.1. The van der Waals surface area contributed by atoms with E-state index in [1.807, 2.05) is 38.1 Å². The Hall–Kier alpha value is -1.30. The predicted octanol–water partition coefficient (Wildman–Crippen LogP) is 1.29. The number of rotatable bonds is 5. The van der Waals surface area contributed by atoms with Crippen LogP contribution in [0.3, 0.4) is 0 Å². The molecule has 1 aromatic carbocycles. The van der Waals surface area contributed by atoms with Crippen molar-refractivity contribution in [3.05, 3.63) is 29.8 Å². The van der Waals surface area contributed by atoms with Crippen molar-refractivity contribution >= 4 is 18.3 Å². The van der Waals surface area contributed by atoms with Crippen molar-refractivity contribution in [1.82, 2.24) is 10.6 Å². The molecule has 5 nitrogen and oxygen atoms in total. The molecule has 1 aromatic rings. The molecule has 2 unspecified atom stereocenters. The van der Waals surface area contributed by atoms with Gasteiger partial charge in [0.1, 0.15) is 18.0 Å². The number of halogens is 1. The molecule has 2 atom stereocenters. The molecule has 2 rings (SSSR count). The number of carbonyl (C=O) groups is 1. The molecular formula is C15H23ClN2O3. The fourth-order valence-corrected chi connectivity index (χ4v) is 1.98. The lowest BCUT2D eigenvalue weighted by Gasteiger charge is -2.23. The summed E-state index contributed by atoms with van der Waals surface area (Å²) in [5, 5.41) is 5.99. The second kappa shape index (κ2) is 8.87. The summed E-state index contributed by atoms with van der Waals surface area (Å²) in [6, 6.07) is 7.87. The number of hydrogen-bond acceptors (Lipinski definition) is 4. The molecule has 21 heavy (non-hydrogen) atoms. The van der Waals surface area contributed by atoms with E-state index in [0.29, 0.717) is 19.7 Å². The van der Waals surface area contributed by atoms with Crippen molar-refractivity contribution in [1.29, 1.82) is 0 Å². The number of morpholine rings is 1. The van der Waals surface area contributed by atoms with Gasteiger partial charge in [0.25, 0.3) is 5.91 Å². The number of benzene rings is 1. The first-order chi connectivity index (χ1) is 9.65. The van der Waals surface area contributed by atoms with Crippen LogP contribution in [0.1, 0.15) is 12.5 Å². The van der Waals surface area contributed by atoms with Gasteiger partial charge in [0.05, 0.1) is 13.2 Å². The van der Waals surface area contributed by atoms with Gasteiger partial charge >= 0.3 is 0 Å². The highest BCUT2D eigenvalue weighted by Gasteiger charge is 2.21. The number of ether oxygens (including phenoxy) is 2. The zero-order chi connectivity index (χ0) is 14.4. The first-order valence-electron chi connectivity index (χ1n) is 6.98. The van der Waals surface area contributed by atoms with E-state index in [1.165, 1.54) is 5.56 Å². The van der Waals surface area contributed by atoms with Crippen LogP contribution in [0.5, 0.6) is 5.75 Å². The molecule has 0 radical (unpaired) electrons. The Morgan fingerprint density at radius 3 is 2.81 bits per heavy atom. The van der Waals surface area contributed by atoms with Crippen molar-refractivity contribution in [2.24, 2.45) is 0 Å². The van der Waals surface area contributed by atoms with Gasteiger partial charge in [-0.3, -0.25) is 4.79 Å². The SMILES string of the molecule is Cc1ccc(OC(C)CNC(=O)C2CNCCO2)cc1.Cl. The average molecular weight is 315 g/mol. The minimum absolute atomic E-state index is 0. The van der Waals surface area contributed by atoms with E-state index in [2.05, 4.69) is 10.6 Å². The Labute approximate surface area is 131 Å². The number of nitrogens with one attached hydrogen (secondary N) is 2. The third-order valence-corrected chi connectivity index (χ3v) is 3.14. The van der Waals surface area contributed by atoms with Gasteiger partial charge in [-0.1, -0.05) is 17.7 Å². The average Bonchev–Trinajstić information content (AvgIpc) is 2.48. The van der Waals surface area contributed by atoms with Crippen molar-refractivity contribution in [3.63, 3.8) is 0 Å². The highest BCUT2D eigenvalue weighted by Crippen LogP contribution is 2.13. The molecule has 1 aliphatic heterocycles. The van der Waals surface area contributed by atoms with Crippen molar-refractivity contribution < 1.29 is 14.3 Å². The number of amides is 1. The van der Waals surface area contributed by atoms with Crippen molar-refractivity contribution in [3.8, 4) is 5.75 Å². The van der Waals surface area contributed by atoms with Gasteiger partial charge in [-0.2, -0.15) is 0 Å². The molecular weight excluding hydrogens is 292 g/mol. The molecule has 0 aliphatic carbocycles. The van der Waals surface area contributed by atoms with Gasteiger partial charge < -0.3 is 20.1 Å². The number of carbonyl (C=O) groups excluding carboxylic acids is 1. The molecule has 1 fully saturated rings. The van der Waals surface area contributed by atoms with Gasteiger partial charge in [-0.15, -0.1) is 12.4 Å². The van der Waals surface area contributed by atoms with Crippen LogP contribution >= 0.6 is 12.4 Å². The van der Waals surface area contributed by atoms with Crippen LogP contribution < -0.4 is 15.4 Å². The third-order valence-electron chi connectivity index (χ3n) is 3.14. The maximum atomic E-state index is 11.9. The maximum Gasteiger partial charge on any atom is 0.250 e. The standard InChI is InChI=1S/C15H22N2O3.ClH/c1-11-3-5-13(6-4-11)20-12(2)9-17-15(18)14-10-16-7-8-19-14;/h3-6,12,14,16H,7-10H2,1-2H3,(H,17,18);1H.